The molecule has 0 atom stereocenters. The van der Waals surface area contributed by atoms with Crippen LogP contribution in [0.2, 0.25) is 0 Å². The van der Waals surface area contributed by atoms with E-state index in [-0.39, 0.29) is 5.91 Å². The monoisotopic (exact) mass is 324 g/mol. The van der Waals surface area contributed by atoms with Gasteiger partial charge in [-0.25, -0.2) is 0 Å². The van der Waals surface area contributed by atoms with E-state index in [1.54, 1.807) is 4.90 Å². The number of nitrogens with zero attached hydrogens (tertiary/aromatic N) is 2. The summed E-state index contributed by atoms with van der Waals surface area (Å²) in [5, 5.41) is 0. The molecule has 1 aliphatic heterocycles. The molecular weight excluding hydrogens is 307 g/mol. The zero-order chi connectivity index (χ0) is 17.2. The summed E-state index contributed by atoms with van der Waals surface area (Å²) in [4.78, 5) is 19.4. The summed E-state index contributed by atoms with van der Waals surface area (Å²) in [6, 6.07) is 21.7. The van der Waals surface area contributed by atoms with Crippen molar-refractivity contribution in [3.63, 3.8) is 0 Å². The third kappa shape index (κ3) is 2.91. The third-order valence-corrected chi connectivity index (χ3v) is 4.36. The Morgan fingerprint density at radius 3 is 2.48 bits per heavy atom. The van der Waals surface area contributed by atoms with Crippen LogP contribution in [0.25, 0.3) is 0 Å². The normalized spacial score (nSPS) is 14.7. The molecular formula is C21H17BN2O. The first-order valence-corrected chi connectivity index (χ1v) is 8.33. The van der Waals surface area contributed by atoms with Gasteiger partial charge in [-0.15, -0.1) is 0 Å². The standard InChI is InChI=1S/C21H17BN2O/c1-15-11-12-16(13-22-15)14-23-20-18-9-5-6-10-19(18)24(21(20)25)17-7-3-2-4-8-17/h2-13H,14H2,1H3. The Morgan fingerprint density at radius 2 is 1.72 bits per heavy atom. The molecule has 1 aromatic heterocycles. The van der Waals surface area contributed by atoms with Gasteiger partial charge in [0.1, 0.15) is 0 Å². The van der Waals surface area contributed by atoms with E-state index in [9.17, 15) is 4.79 Å². The van der Waals surface area contributed by atoms with Gasteiger partial charge in [0.25, 0.3) is 0 Å². The SMILES string of the molecule is Cc1bcc(CN=C2C(=O)N(c3ccccc3)c3ccccc32)cc1. The van der Waals surface area contributed by atoms with Gasteiger partial charge < -0.3 is 0 Å². The molecule has 1 aliphatic rings. The van der Waals surface area contributed by atoms with E-state index >= 15 is 0 Å². The second-order valence-corrected chi connectivity index (χ2v) is 6.14. The van der Waals surface area contributed by atoms with Gasteiger partial charge in [0.15, 0.2) is 0 Å². The molecule has 3 aromatic rings. The second kappa shape index (κ2) is 6.48. The molecule has 120 valence electrons. The molecule has 25 heavy (non-hydrogen) atoms. The first-order valence-electron chi connectivity index (χ1n) is 8.33. The molecule has 0 fully saturated rings. The fourth-order valence-electron chi connectivity index (χ4n) is 3.05. The van der Waals surface area contributed by atoms with Crippen molar-refractivity contribution in [3.8, 4) is 0 Å². The van der Waals surface area contributed by atoms with Crippen LogP contribution in [0.3, 0.4) is 0 Å². The van der Waals surface area contributed by atoms with Gasteiger partial charge in [0.2, 0.25) is 0 Å². The van der Waals surface area contributed by atoms with E-state index < -0.39 is 0 Å². The Balaban J connectivity index is 1.73. The van der Waals surface area contributed by atoms with Crippen molar-refractivity contribution in [1.82, 2.24) is 0 Å². The van der Waals surface area contributed by atoms with Crippen molar-refractivity contribution in [2.24, 2.45) is 4.99 Å². The Bertz CT molecular complexity index is 949. The molecule has 4 heteroatoms. The molecule has 0 saturated heterocycles. The van der Waals surface area contributed by atoms with Gasteiger partial charge in [0, 0.05) is 0 Å². The van der Waals surface area contributed by atoms with Crippen LogP contribution in [0.4, 0.5) is 11.4 Å². The number of rotatable bonds is 3. The number of para-hydroxylation sites is 2. The molecule has 3 nitrogen and oxygen atoms in total. The van der Waals surface area contributed by atoms with Gasteiger partial charge in [-0.1, -0.05) is 0 Å². The van der Waals surface area contributed by atoms with Gasteiger partial charge >= 0.3 is 147 Å². The quantitative estimate of drug-likeness (QED) is 0.717. The van der Waals surface area contributed by atoms with Crippen LogP contribution in [0.15, 0.2) is 77.7 Å². The molecule has 0 unspecified atom stereocenters. The summed E-state index contributed by atoms with van der Waals surface area (Å²) in [6.07, 6.45) is 0. The van der Waals surface area contributed by atoms with E-state index in [0.717, 1.165) is 22.5 Å². The van der Waals surface area contributed by atoms with E-state index in [0.29, 0.717) is 12.3 Å². The first-order chi connectivity index (χ1) is 12.2. The molecule has 0 bridgehead atoms. The van der Waals surface area contributed by atoms with Crippen LogP contribution in [0.5, 0.6) is 0 Å². The third-order valence-electron chi connectivity index (χ3n) is 4.36. The van der Waals surface area contributed by atoms with Crippen molar-refractivity contribution >= 4 is 29.9 Å². The summed E-state index contributed by atoms with van der Waals surface area (Å²) in [5.74, 6) is 1.99. The van der Waals surface area contributed by atoms with Gasteiger partial charge in [0.05, 0.1) is 0 Å². The predicted octanol–water partition coefficient (Wildman–Crippen LogP) is 4.00. The number of carbonyl (C=O) groups is 1. The zero-order valence-corrected chi connectivity index (χ0v) is 14.0. The summed E-state index contributed by atoms with van der Waals surface area (Å²) in [7, 11) is 0. The summed E-state index contributed by atoms with van der Waals surface area (Å²) in [6.45, 7) is 4.62. The molecule has 0 saturated carbocycles. The molecule has 0 aliphatic carbocycles. The van der Waals surface area contributed by atoms with Crippen molar-refractivity contribution in [3.05, 3.63) is 89.3 Å². The fourth-order valence-corrected chi connectivity index (χ4v) is 3.05. The Kier molecular flexibility index (Phi) is 4.02. The summed E-state index contributed by atoms with van der Waals surface area (Å²) < 4.78 is 0. The van der Waals surface area contributed by atoms with Crippen molar-refractivity contribution in [2.45, 2.75) is 13.5 Å². The number of fused-ring (bicyclic) bond motifs is 1. The topological polar surface area (TPSA) is 32.7 Å². The number of carbonyl (C=O) groups excluding carboxylic acids is 1. The zero-order valence-electron chi connectivity index (χ0n) is 14.0. The summed E-state index contributed by atoms with van der Waals surface area (Å²) >= 11 is 0. The number of hydrogen-bond acceptors (Lipinski definition) is 2. The Labute approximate surface area is 147 Å². The number of anilines is 2. The molecule has 2 heterocycles. The van der Waals surface area contributed by atoms with Gasteiger partial charge in [-0.3, -0.25) is 0 Å². The maximum absolute atomic E-state index is 13.0. The maximum atomic E-state index is 13.0. The van der Waals surface area contributed by atoms with Crippen LogP contribution in [-0.4, -0.2) is 18.5 Å². The van der Waals surface area contributed by atoms with E-state index in [4.69, 9.17) is 0 Å². The Hall–Kier alpha value is -3.01. The second-order valence-electron chi connectivity index (χ2n) is 6.14. The van der Waals surface area contributed by atoms with E-state index in [1.807, 2.05) is 54.6 Å². The van der Waals surface area contributed by atoms with Crippen LogP contribution < -0.4 is 4.90 Å². The molecule has 1 amide bonds. The molecule has 4 rings (SSSR count). The van der Waals surface area contributed by atoms with Gasteiger partial charge in [-0.2, -0.15) is 0 Å². The van der Waals surface area contributed by atoms with Crippen LogP contribution in [0.1, 0.15) is 16.6 Å². The Morgan fingerprint density at radius 1 is 0.960 bits per heavy atom. The minimum absolute atomic E-state index is 0.0699. The number of amides is 1. The molecule has 0 radical (unpaired) electrons. The van der Waals surface area contributed by atoms with E-state index in [2.05, 4.69) is 36.9 Å². The average Bonchev–Trinajstić information content (AvgIpc) is 2.93. The first kappa shape index (κ1) is 15.5. The van der Waals surface area contributed by atoms with Crippen LogP contribution in [-0.2, 0) is 11.3 Å². The van der Waals surface area contributed by atoms with Crippen molar-refractivity contribution in [2.75, 3.05) is 4.90 Å². The molecule has 0 N–H and O–H groups in total. The van der Waals surface area contributed by atoms with Gasteiger partial charge in [-0.05, 0) is 0 Å². The predicted molar refractivity (Wildman–Crippen MR) is 103 cm³/mol. The van der Waals surface area contributed by atoms with Crippen molar-refractivity contribution in [1.29, 1.82) is 0 Å². The van der Waals surface area contributed by atoms with Crippen LogP contribution >= 0.6 is 0 Å². The fraction of sp³-hybridized carbons (Fsp3) is 0.0952. The van der Waals surface area contributed by atoms with E-state index in [1.165, 1.54) is 5.46 Å². The molecule has 2 aromatic carbocycles. The van der Waals surface area contributed by atoms with Crippen molar-refractivity contribution < 1.29 is 4.79 Å². The molecule has 0 spiro atoms. The summed E-state index contributed by atoms with van der Waals surface area (Å²) in [5.41, 5.74) is 5.49. The van der Waals surface area contributed by atoms with Crippen LogP contribution in [0, 0.1) is 6.92 Å². The number of hydrogen-bond donors (Lipinski definition) is 0. The number of aryl methyl sites for hydroxylation is 1. The average molecular weight is 324 g/mol. The minimum atomic E-state index is -0.0699. The number of aliphatic imine (C=N–C) groups is 1. The number of benzene rings is 2.